The summed E-state index contributed by atoms with van der Waals surface area (Å²) in [5, 5.41) is 12.2. The second-order valence-corrected chi connectivity index (χ2v) is 3.05. The van der Waals surface area contributed by atoms with E-state index in [4.69, 9.17) is 5.11 Å². The average molecular weight is 143 g/mol. The number of aliphatic hydroxyl groups is 1. The molecule has 1 aliphatic rings. The van der Waals surface area contributed by atoms with Crippen LogP contribution in [0.25, 0.3) is 0 Å². The molecule has 0 aromatic rings. The van der Waals surface area contributed by atoms with Crippen molar-refractivity contribution in [3.8, 4) is 0 Å². The molecule has 0 bridgehead atoms. The highest BCUT2D eigenvalue weighted by atomic mass is 16.3. The number of hydrogen-bond acceptors (Lipinski definition) is 2. The fourth-order valence-corrected chi connectivity index (χ4v) is 1.72. The standard InChI is InChI=1S/C8H17NO/c1-2-7-4-3-5-9-8(7)6-10/h7-10H,2-6H2,1H3/t7-,8-/m1/s1. The molecule has 60 valence electrons. The first kappa shape index (κ1) is 8.02. The lowest BCUT2D eigenvalue weighted by atomic mass is 9.89. The summed E-state index contributed by atoms with van der Waals surface area (Å²) in [7, 11) is 0. The molecule has 0 amide bonds. The molecule has 1 heterocycles. The molecule has 2 atom stereocenters. The van der Waals surface area contributed by atoms with Gasteiger partial charge in [-0.15, -0.1) is 0 Å². The summed E-state index contributed by atoms with van der Waals surface area (Å²) in [6.45, 7) is 3.58. The van der Waals surface area contributed by atoms with Crippen LogP contribution in [0.5, 0.6) is 0 Å². The van der Waals surface area contributed by atoms with Crippen LogP contribution < -0.4 is 5.32 Å². The predicted molar refractivity (Wildman–Crippen MR) is 41.9 cm³/mol. The molecule has 2 N–H and O–H groups in total. The number of aliphatic hydroxyl groups excluding tert-OH is 1. The highest BCUT2D eigenvalue weighted by molar-refractivity contribution is 4.79. The van der Waals surface area contributed by atoms with Gasteiger partial charge in [0.2, 0.25) is 0 Å². The number of hydrogen-bond donors (Lipinski definition) is 2. The van der Waals surface area contributed by atoms with E-state index in [0.717, 1.165) is 6.54 Å². The number of rotatable bonds is 2. The van der Waals surface area contributed by atoms with E-state index in [2.05, 4.69) is 12.2 Å². The van der Waals surface area contributed by atoms with Gasteiger partial charge >= 0.3 is 0 Å². The lowest BCUT2D eigenvalue weighted by Gasteiger charge is -2.30. The van der Waals surface area contributed by atoms with Crippen molar-refractivity contribution >= 4 is 0 Å². The molecule has 0 spiro atoms. The Hall–Kier alpha value is -0.0800. The van der Waals surface area contributed by atoms with Gasteiger partial charge in [-0.1, -0.05) is 13.3 Å². The molecule has 0 aliphatic carbocycles. The van der Waals surface area contributed by atoms with Gasteiger partial charge in [0.15, 0.2) is 0 Å². The fraction of sp³-hybridized carbons (Fsp3) is 1.00. The first-order valence-electron chi connectivity index (χ1n) is 4.22. The van der Waals surface area contributed by atoms with Crippen LogP contribution in [0.2, 0.25) is 0 Å². The molecule has 2 heteroatoms. The third-order valence-corrected chi connectivity index (χ3v) is 2.45. The van der Waals surface area contributed by atoms with E-state index in [-0.39, 0.29) is 0 Å². The fourth-order valence-electron chi connectivity index (χ4n) is 1.72. The number of nitrogens with one attached hydrogen (secondary N) is 1. The summed E-state index contributed by atoms with van der Waals surface area (Å²) >= 11 is 0. The van der Waals surface area contributed by atoms with Crippen molar-refractivity contribution in [1.29, 1.82) is 0 Å². The molecule has 1 saturated heterocycles. The van der Waals surface area contributed by atoms with E-state index in [1.54, 1.807) is 0 Å². The van der Waals surface area contributed by atoms with E-state index in [0.29, 0.717) is 18.6 Å². The van der Waals surface area contributed by atoms with E-state index < -0.39 is 0 Å². The maximum atomic E-state index is 8.93. The minimum atomic E-state index is 0.304. The molecule has 0 aromatic carbocycles. The minimum absolute atomic E-state index is 0.304. The van der Waals surface area contributed by atoms with E-state index in [1.807, 2.05) is 0 Å². The van der Waals surface area contributed by atoms with Crippen LogP contribution in [0, 0.1) is 5.92 Å². The van der Waals surface area contributed by atoms with Gasteiger partial charge in [-0.2, -0.15) is 0 Å². The van der Waals surface area contributed by atoms with Crippen LogP contribution in [0.3, 0.4) is 0 Å². The zero-order valence-electron chi connectivity index (χ0n) is 6.64. The summed E-state index contributed by atoms with van der Waals surface area (Å²) < 4.78 is 0. The molecule has 1 rings (SSSR count). The first-order chi connectivity index (χ1) is 4.88. The van der Waals surface area contributed by atoms with Gasteiger partial charge in [-0.05, 0) is 25.3 Å². The number of piperidine rings is 1. The molecule has 10 heavy (non-hydrogen) atoms. The van der Waals surface area contributed by atoms with Crippen molar-refractivity contribution in [2.45, 2.75) is 32.2 Å². The van der Waals surface area contributed by atoms with Gasteiger partial charge in [-0.3, -0.25) is 0 Å². The van der Waals surface area contributed by atoms with Gasteiger partial charge in [-0.25, -0.2) is 0 Å². The van der Waals surface area contributed by atoms with Gasteiger partial charge in [0, 0.05) is 6.04 Å². The summed E-state index contributed by atoms with van der Waals surface area (Å²) in [5.41, 5.74) is 0. The summed E-state index contributed by atoms with van der Waals surface area (Å²) in [6.07, 6.45) is 3.75. The van der Waals surface area contributed by atoms with Crippen LogP contribution in [-0.4, -0.2) is 24.3 Å². The Morgan fingerprint density at radius 3 is 2.90 bits per heavy atom. The smallest absolute Gasteiger partial charge is 0.0587 e. The zero-order chi connectivity index (χ0) is 7.40. The Morgan fingerprint density at radius 1 is 1.60 bits per heavy atom. The van der Waals surface area contributed by atoms with Crippen LogP contribution >= 0.6 is 0 Å². The lowest BCUT2D eigenvalue weighted by Crippen LogP contribution is -2.43. The molecule has 0 unspecified atom stereocenters. The van der Waals surface area contributed by atoms with E-state index in [1.165, 1.54) is 19.3 Å². The second-order valence-electron chi connectivity index (χ2n) is 3.05. The second kappa shape index (κ2) is 3.94. The maximum absolute atomic E-state index is 8.93. The van der Waals surface area contributed by atoms with E-state index in [9.17, 15) is 0 Å². The Morgan fingerprint density at radius 2 is 2.40 bits per heavy atom. The lowest BCUT2D eigenvalue weighted by molar-refractivity contribution is 0.168. The third-order valence-electron chi connectivity index (χ3n) is 2.45. The predicted octanol–water partition coefficient (Wildman–Crippen LogP) is 0.757. The average Bonchev–Trinajstić information content (AvgIpc) is 2.04. The highest BCUT2D eigenvalue weighted by Crippen LogP contribution is 2.18. The Bertz CT molecular complexity index is 83.3. The van der Waals surface area contributed by atoms with Crippen LogP contribution in [-0.2, 0) is 0 Å². The van der Waals surface area contributed by atoms with Gasteiger partial charge < -0.3 is 10.4 Å². The SMILES string of the molecule is CC[C@@H]1CCCN[C@@H]1CO. The van der Waals surface area contributed by atoms with Crippen LogP contribution in [0.4, 0.5) is 0 Å². The summed E-state index contributed by atoms with van der Waals surface area (Å²) in [4.78, 5) is 0. The largest absolute Gasteiger partial charge is 0.395 e. The molecule has 0 saturated carbocycles. The molecule has 1 aliphatic heterocycles. The van der Waals surface area contributed by atoms with Gasteiger partial charge in [0.25, 0.3) is 0 Å². The monoisotopic (exact) mass is 143 g/mol. The zero-order valence-corrected chi connectivity index (χ0v) is 6.64. The molecular formula is C8H17NO. The normalized spacial score (nSPS) is 34.2. The topological polar surface area (TPSA) is 32.3 Å². The maximum Gasteiger partial charge on any atom is 0.0587 e. The molecule has 1 fully saturated rings. The quantitative estimate of drug-likeness (QED) is 0.598. The van der Waals surface area contributed by atoms with Crippen molar-refractivity contribution in [2.75, 3.05) is 13.2 Å². The van der Waals surface area contributed by atoms with Gasteiger partial charge in [0.1, 0.15) is 0 Å². The van der Waals surface area contributed by atoms with Crippen molar-refractivity contribution < 1.29 is 5.11 Å². The Labute approximate surface area is 62.6 Å². The van der Waals surface area contributed by atoms with Crippen molar-refractivity contribution in [2.24, 2.45) is 5.92 Å². The van der Waals surface area contributed by atoms with Crippen LogP contribution in [0.1, 0.15) is 26.2 Å². The molecule has 0 radical (unpaired) electrons. The first-order valence-corrected chi connectivity index (χ1v) is 4.22. The van der Waals surface area contributed by atoms with Gasteiger partial charge in [0.05, 0.1) is 6.61 Å². The minimum Gasteiger partial charge on any atom is -0.395 e. The van der Waals surface area contributed by atoms with Crippen molar-refractivity contribution in [3.63, 3.8) is 0 Å². The van der Waals surface area contributed by atoms with Crippen LogP contribution in [0.15, 0.2) is 0 Å². The molecule has 2 nitrogen and oxygen atoms in total. The van der Waals surface area contributed by atoms with E-state index >= 15 is 0 Å². The Kier molecular flexibility index (Phi) is 3.16. The molecular weight excluding hydrogens is 126 g/mol. The third kappa shape index (κ3) is 1.70. The molecule has 0 aromatic heterocycles. The summed E-state index contributed by atoms with van der Waals surface area (Å²) in [5.74, 6) is 0.707. The van der Waals surface area contributed by atoms with Crippen molar-refractivity contribution in [1.82, 2.24) is 5.32 Å². The van der Waals surface area contributed by atoms with Crippen molar-refractivity contribution in [3.05, 3.63) is 0 Å². The highest BCUT2D eigenvalue weighted by Gasteiger charge is 2.21. The Balaban J connectivity index is 2.34. The summed E-state index contributed by atoms with van der Waals surface area (Å²) in [6, 6.07) is 0.374.